The van der Waals surface area contributed by atoms with Crippen molar-refractivity contribution in [1.29, 1.82) is 0 Å². The SMILES string of the molecule is COc1ccc(C)cc1CNc1ccccc1N(C)C. The largest absolute Gasteiger partial charge is 0.496 e. The van der Waals surface area contributed by atoms with E-state index in [0.29, 0.717) is 0 Å². The van der Waals surface area contributed by atoms with Gasteiger partial charge in [0.05, 0.1) is 18.5 Å². The van der Waals surface area contributed by atoms with Crippen molar-refractivity contribution in [2.45, 2.75) is 13.5 Å². The zero-order chi connectivity index (χ0) is 14.5. The van der Waals surface area contributed by atoms with Gasteiger partial charge in [0.2, 0.25) is 0 Å². The molecule has 1 N–H and O–H groups in total. The number of rotatable bonds is 5. The van der Waals surface area contributed by atoms with Gasteiger partial charge in [-0.2, -0.15) is 0 Å². The van der Waals surface area contributed by atoms with Crippen LogP contribution in [0.25, 0.3) is 0 Å². The zero-order valence-corrected chi connectivity index (χ0v) is 12.6. The van der Waals surface area contributed by atoms with Crippen molar-refractivity contribution in [3.8, 4) is 5.75 Å². The maximum absolute atomic E-state index is 5.42. The average Bonchev–Trinajstić information content (AvgIpc) is 2.45. The lowest BCUT2D eigenvalue weighted by molar-refractivity contribution is 0.410. The van der Waals surface area contributed by atoms with E-state index in [1.54, 1.807) is 7.11 Å². The molecule has 0 aliphatic heterocycles. The quantitative estimate of drug-likeness (QED) is 0.897. The number of para-hydroxylation sites is 2. The Morgan fingerprint density at radius 1 is 1.10 bits per heavy atom. The molecule has 20 heavy (non-hydrogen) atoms. The molecule has 0 aromatic heterocycles. The Balaban J connectivity index is 2.19. The molecule has 0 fully saturated rings. The molecule has 0 radical (unpaired) electrons. The van der Waals surface area contributed by atoms with E-state index in [1.807, 2.05) is 32.3 Å². The summed E-state index contributed by atoms with van der Waals surface area (Å²) in [5, 5.41) is 3.49. The Morgan fingerprint density at radius 3 is 2.55 bits per heavy atom. The van der Waals surface area contributed by atoms with Gasteiger partial charge in [0.25, 0.3) is 0 Å². The van der Waals surface area contributed by atoms with Gasteiger partial charge in [0.1, 0.15) is 5.75 Å². The Kier molecular flexibility index (Phi) is 4.51. The minimum absolute atomic E-state index is 0.746. The van der Waals surface area contributed by atoms with E-state index in [4.69, 9.17) is 4.74 Å². The number of nitrogens with one attached hydrogen (secondary N) is 1. The van der Waals surface area contributed by atoms with Crippen LogP contribution < -0.4 is 15.0 Å². The number of ether oxygens (including phenoxy) is 1. The molecule has 0 aliphatic rings. The van der Waals surface area contributed by atoms with Crippen molar-refractivity contribution < 1.29 is 4.74 Å². The number of hydrogen-bond acceptors (Lipinski definition) is 3. The standard InChI is InChI=1S/C17H22N2O/c1-13-9-10-17(20-4)14(11-13)12-18-15-7-5-6-8-16(15)19(2)3/h5-11,18H,12H2,1-4H3. The molecule has 0 spiro atoms. The number of methoxy groups -OCH3 is 1. The number of hydrogen-bond donors (Lipinski definition) is 1. The van der Waals surface area contributed by atoms with E-state index in [9.17, 15) is 0 Å². The van der Waals surface area contributed by atoms with Crippen LogP contribution in [0.5, 0.6) is 5.75 Å². The third-order valence-corrected chi connectivity index (χ3v) is 3.29. The van der Waals surface area contributed by atoms with Gasteiger partial charge in [-0.1, -0.05) is 29.8 Å². The lowest BCUT2D eigenvalue weighted by Gasteiger charge is -2.19. The van der Waals surface area contributed by atoms with Gasteiger partial charge in [-0.15, -0.1) is 0 Å². The van der Waals surface area contributed by atoms with E-state index in [0.717, 1.165) is 18.0 Å². The highest BCUT2D eigenvalue weighted by Crippen LogP contribution is 2.26. The van der Waals surface area contributed by atoms with Crippen molar-refractivity contribution in [2.24, 2.45) is 0 Å². The molecule has 0 saturated carbocycles. The van der Waals surface area contributed by atoms with Gasteiger partial charge in [-0.05, 0) is 25.1 Å². The minimum Gasteiger partial charge on any atom is -0.496 e. The molecule has 0 amide bonds. The maximum atomic E-state index is 5.42. The number of benzene rings is 2. The summed E-state index contributed by atoms with van der Waals surface area (Å²) in [5.74, 6) is 0.922. The summed E-state index contributed by atoms with van der Waals surface area (Å²) in [6.45, 7) is 2.84. The second kappa shape index (κ2) is 6.33. The Hall–Kier alpha value is -2.16. The lowest BCUT2D eigenvalue weighted by Crippen LogP contribution is -2.12. The van der Waals surface area contributed by atoms with Crippen LogP contribution in [0.4, 0.5) is 11.4 Å². The van der Waals surface area contributed by atoms with E-state index >= 15 is 0 Å². The summed E-state index contributed by atoms with van der Waals surface area (Å²) in [4.78, 5) is 2.11. The van der Waals surface area contributed by atoms with Gasteiger partial charge < -0.3 is 15.0 Å². The van der Waals surface area contributed by atoms with Crippen molar-refractivity contribution in [3.63, 3.8) is 0 Å². The molecule has 0 unspecified atom stereocenters. The molecule has 0 bridgehead atoms. The van der Waals surface area contributed by atoms with Crippen LogP contribution in [0.15, 0.2) is 42.5 Å². The average molecular weight is 270 g/mol. The number of nitrogens with zero attached hydrogens (tertiary/aromatic N) is 1. The van der Waals surface area contributed by atoms with E-state index in [-0.39, 0.29) is 0 Å². The summed E-state index contributed by atoms with van der Waals surface area (Å²) in [7, 11) is 5.81. The Bertz CT molecular complexity index is 579. The summed E-state index contributed by atoms with van der Waals surface area (Å²) in [6.07, 6.45) is 0. The summed E-state index contributed by atoms with van der Waals surface area (Å²) in [5.41, 5.74) is 4.71. The molecular weight excluding hydrogens is 248 g/mol. The fourth-order valence-electron chi connectivity index (χ4n) is 2.25. The molecule has 2 aromatic carbocycles. The normalized spacial score (nSPS) is 10.2. The smallest absolute Gasteiger partial charge is 0.123 e. The van der Waals surface area contributed by atoms with Crippen LogP contribution in [0.1, 0.15) is 11.1 Å². The van der Waals surface area contributed by atoms with Crippen LogP contribution in [-0.2, 0) is 6.54 Å². The topological polar surface area (TPSA) is 24.5 Å². The van der Waals surface area contributed by atoms with Gasteiger partial charge in [0.15, 0.2) is 0 Å². The minimum atomic E-state index is 0.746. The summed E-state index contributed by atoms with van der Waals surface area (Å²) < 4.78 is 5.42. The van der Waals surface area contributed by atoms with Crippen LogP contribution in [0.2, 0.25) is 0 Å². The monoisotopic (exact) mass is 270 g/mol. The summed E-state index contributed by atoms with van der Waals surface area (Å²) >= 11 is 0. The highest BCUT2D eigenvalue weighted by atomic mass is 16.5. The molecule has 0 atom stereocenters. The molecule has 2 aromatic rings. The molecule has 3 nitrogen and oxygen atoms in total. The number of aryl methyl sites for hydroxylation is 1. The molecule has 3 heteroatoms. The van der Waals surface area contributed by atoms with Crippen molar-refractivity contribution >= 4 is 11.4 Å². The highest BCUT2D eigenvalue weighted by molar-refractivity contribution is 5.69. The van der Waals surface area contributed by atoms with Crippen LogP contribution in [0, 0.1) is 6.92 Å². The van der Waals surface area contributed by atoms with E-state index < -0.39 is 0 Å². The maximum Gasteiger partial charge on any atom is 0.123 e. The third-order valence-electron chi connectivity index (χ3n) is 3.29. The molecular formula is C17H22N2O. The van der Waals surface area contributed by atoms with Gasteiger partial charge in [-0.3, -0.25) is 0 Å². The third kappa shape index (κ3) is 3.23. The second-order valence-electron chi connectivity index (χ2n) is 5.08. The molecule has 0 heterocycles. The van der Waals surface area contributed by atoms with Gasteiger partial charge in [-0.25, -0.2) is 0 Å². The predicted octanol–water partition coefficient (Wildman–Crippen LogP) is 3.68. The molecule has 2 rings (SSSR count). The first-order valence-electron chi connectivity index (χ1n) is 6.75. The van der Waals surface area contributed by atoms with E-state index in [2.05, 4.69) is 41.4 Å². The summed E-state index contributed by atoms with van der Waals surface area (Å²) in [6, 6.07) is 14.5. The first kappa shape index (κ1) is 14.3. The second-order valence-corrected chi connectivity index (χ2v) is 5.08. The van der Waals surface area contributed by atoms with Gasteiger partial charge in [0, 0.05) is 26.2 Å². The van der Waals surface area contributed by atoms with Gasteiger partial charge >= 0.3 is 0 Å². The van der Waals surface area contributed by atoms with Crippen LogP contribution >= 0.6 is 0 Å². The van der Waals surface area contributed by atoms with E-state index in [1.165, 1.54) is 16.8 Å². The van der Waals surface area contributed by atoms with Crippen molar-refractivity contribution in [2.75, 3.05) is 31.4 Å². The fraction of sp³-hybridized carbons (Fsp3) is 0.294. The lowest BCUT2D eigenvalue weighted by atomic mass is 10.1. The molecule has 106 valence electrons. The fourth-order valence-corrected chi connectivity index (χ4v) is 2.25. The van der Waals surface area contributed by atoms with Crippen LogP contribution in [-0.4, -0.2) is 21.2 Å². The first-order valence-corrected chi connectivity index (χ1v) is 6.75. The van der Waals surface area contributed by atoms with Crippen molar-refractivity contribution in [1.82, 2.24) is 0 Å². The predicted molar refractivity (Wildman–Crippen MR) is 85.8 cm³/mol. The number of anilines is 2. The first-order chi connectivity index (χ1) is 9.61. The molecule has 0 saturated heterocycles. The highest BCUT2D eigenvalue weighted by Gasteiger charge is 2.06. The molecule has 0 aliphatic carbocycles. The Morgan fingerprint density at radius 2 is 1.85 bits per heavy atom. The Labute approximate surface area is 121 Å². The van der Waals surface area contributed by atoms with Crippen molar-refractivity contribution in [3.05, 3.63) is 53.6 Å². The van der Waals surface area contributed by atoms with Crippen LogP contribution in [0.3, 0.4) is 0 Å². The zero-order valence-electron chi connectivity index (χ0n) is 12.6.